The molecule has 0 radical (unpaired) electrons. The summed E-state index contributed by atoms with van der Waals surface area (Å²) >= 11 is 0. The number of ether oxygens (including phenoxy) is 1. The first-order valence-corrected chi connectivity index (χ1v) is 5.96. The standard InChI is InChI=1S/C14H17F3O3/c1-12(2,8-13(19,9-18)14(15,16)17)10-6-4-5-7-11(10)20-3/h4-7,9,19H,8H2,1-3H3/t13-/m0/s1. The van der Waals surface area contributed by atoms with E-state index >= 15 is 0 Å². The van der Waals surface area contributed by atoms with Crippen LogP contribution in [-0.2, 0) is 10.2 Å². The van der Waals surface area contributed by atoms with E-state index in [0.717, 1.165) is 0 Å². The normalized spacial score (nSPS) is 15.6. The number of carbonyl (C=O) groups is 1. The van der Waals surface area contributed by atoms with Crippen LogP contribution in [0.2, 0.25) is 0 Å². The molecule has 0 saturated carbocycles. The first kappa shape index (κ1) is 16.5. The van der Waals surface area contributed by atoms with Gasteiger partial charge in [0.15, 0.2) is 6.29 Å². The molecule has 0 bridgehead atoms. The molecular formula is C14H17F3O3. The molecule has 3 nitrogen and oxygen atoms in total. The van der Waals surface area contributed by atoms with Gasteiger partial charge < -0.3 is 9.84 Å². The summed E-state index contributed by atoms with van der Waals surface area (Å²) in [7, 11) is 1.41. The average Bonchev–Trinajstić information content (AvgIpc) is 2.36. The number of hydrogen-bond acceptors (Lipinski definition) is 3. The zero-order valence-electron chi connectivity index (χ0n) is 11.5. The summed E-state index contributed by atoms with van der Waals surface area (Å²) < 4.78 is 43.6. The number of alkyl halides is 3. The Hall–Kier alpha value is -1.56. The van der Waals surface area contributed by atoms with Gasteiger partial charge in [0, 0.05) is 6.42 Å². The van der Waals surface area contributed by atoms with Gasteiger partial charge in [-0.3, -0.25) is 4.79 Å². The van der Waals surface area contributed by atoms with E-state index in [1.807, 2.05) is 0 Å². The van der Waals surface area contributed by atoms with Gasteiger partial charge in [0.1, 0.15) is 5.75 Å². The van der Waals surface area contributed by atoms with Crippen molar-refractivity contribution < 1.29 is 27.8 Å². The van der Waals surface area contributed by atoms with Gasteiger partial charge in [-0.15, -0.1) is 0 Å². The Morgan fingerprint density at radius 3 is 2.25 bits per heavy atom. The van der Waals surface area contributed by atoms with Crippen molar-refractivity contribution in [2.24, 2.45) is 0 Å². The topological polar surface area (TPSA) is 46.5 Å². The lowest BCUT2D eigenvalue weighted by Gasteiger charge is -2.35. The molecule has 1 aromatic carbocycles. The van der Waals surface area contributed by atoms with E-state index in [-0.39, 0.29) is 0 Å². The van der Waals surface area contributed by atoms with E-state index in [0.29, 0.717) is 11.3 Å². The van der Waals surface area contributed by atoms with Crippen LogP contribution in [0.3, 0.4) is 0 Å². The summed E-state index contributed by atoms with van der Waals surface area (Å²) in [6.07, 6.45) is -6.26. The predicted molar refractivity (Wildman–Crippen MR) is 67.7 cm³/mol. The molecule has 112 valence electrons. The molecule has 0 amide bonds. The lowest BCUT2D eigenvalue weighted by molar-refractivity contribution is -0.250. The quantitative estimate of drug-likeness (QED) is 0.848. The number of benzene rings is 1. The summed E-state index contributed by atoms with van der Waals surface area (Å²) in [5.41, 5.74) is -3.98. The van der Waals surface area contributed by atoms with Crippen LogP contribution in [-0.4, -0.2) is 30.3 Å². The maximum Gasteiger partial charge on any atom is 0.424 e. The summed E-state index contributed by atoms with van der Waals surface area (Å²) in [4.78, 5) is 10.7. The first-order chi connectivity index (χ1) is 9.07. The van der Waals surface area contributed by atoms with Crippen molar-refractivity contribution in [2.45, 2.75) is 37.5 Å². The molecule has 0 spiro atoms. The third-order valence-electron chi connectivity index (χ3n) is 3.23. The Kier molecular flexibility index (Phi) is 4.49. The molecule has 1 N–H and O–H groups in total. The molecule has 0 saturated heterocycles. The number of hydrogen-bond donors (Lipinski definition) is 1. The fourth-order valence-electron chi connectivity index (χ4n) is 2.18. The second-order valence-corrected chi connectivity index (χ2v) is 5.30. The van der Waals surface area contributed by atoms with Crippen molar-refractivity contribution in [1.82, 2.24) is 0 Å². The van der Waals surface area contributed by atoms with Gasteiger partial charge >= 0.3 is 6.18 Å². The van der Waals surface area contributed by atoms with Crippen LogP contribution in [0.5, 0.6) is 5.75 Å². The van der Waals surface area contributed by atoms with Crippen molar-refractivity contribution in [3.63, 3.8) is 0 Å². The number of rotatable bonds is 5. The van der Waals surface area contributed by atoms with Crippen molar-refractivity contribution in [1.29, 1.82) is 0 Å². The van der Waals surface area contributed by atoms with Crippen LogP contribution in [0.15, 0.2) is 24.3 Å². The zero-order valence-corrected chi connectivity index (χ0v) is 11.5. The fraction of sp³-hybridized carbons (Fsp3) is 0.500. The highest BCUT2D eigenvalue weighted by atomic mass is 19.4. The van der Waals surface area contributed by atoms with E-state index < -0.39 is 29.9 Å². The molecule has 1 atom stereocenters. The minimum atomic E-state index is -5.02. The molecule has 0 unspecified atom stereocenters. The number of methoxy groups -OCH3 is 1. The van der Waals surface area contributed by atoms with Crippen molar-refractivity contribution >= 4 is 6.29 Å². The van der Waals surface area contributed by atoms with Gasteiger partial charge in [-0.1, -0.05) is 32.0 Å². The number of aliphatic hydroxyl groups is 1. The first-order valence-electron chi connectivity index (χ1n) is 5.96. The Balaban J connectivity index is 3.20. The third-order valence-corrected chi connectivity index (χ3v) is 3.23. The van der Waals surface area contributed by atoms with E-state index in [9.17, 15) is 23.1 Å². The highest BCUT2D eigenvalue weighted by Gasteiger charge is 2.56. The summed E-state index contributed by atoms with van der Waals surface area (Å²) in [5.74, 6) is 0.410. The Morgan fingerprint density at radius 2 is 1.80 bits per heavy atom. The van der Waals surface area contributed by atoms with Crippen molar-refractivity contribution in [3.05, 3.63) is 29.8 Å². The highest BCUT2D eigenvalue weighted by Crippen LogP contribution is 2.42. The molecular weight excluding hydrogens is 273 g/mol. The Morgan fingerprint density at radius 1 is 1.25 bits per heavy atom. The van der Waals surface area contributed by atoms with Gasteiger partial charge in [0.05, 0.1) is 7.11 Å². The maximum absolute atomic E-state index is 12.8. The summed E-state index contributed by atoms with van der Waals surface area (Å²) in [6, 6.07) is 6.58. The molecule has 1 rings (SSSR count). The SMILES string of the molecule is COc1ccccc1C(C)(C)C[C@](O)(C=O)C(F)(F)F. The van der Waals surface area contributed by atoms with E-state index in [2.05, 4.69) is 0 Å². The fourth-order valence-corrected chi connectivity index (χ4v) is 2.18. The maximum atomic E-state index is 12.8. The molecule has 20 heavy (non-hydrogen) atoms. The van der Waals surface area contributed by atoms with Crippen LogP contribution in [0.1, 0.15) is 25.8 Å². The van der Waals surface area contributed by atoms with Crippen molar-refractivity contribution in [2.75, 3.05) is 7.11 Å². The molecule has 0 heterocycles. The second-order valence-electron chi connectivity index (χ2n) is 5.30. The van der Waals surface area contributed by atoms with Gasteiger partial charge in [0.2, 0.25) is 5.60 Å². The number of para-hydroxylation sites is 1. The minimum Gasteiger partial charge on any atom is -0.496 e. The van der Waals surface area contributed by atoms with Crippen LogP contribution in [0, 0.1) is 0 Å². The third kappa shape index (κ3) is 3.12. The zero-order chi connectivity index (χ0) is 15.6. The number of aldehydes is 1. The smallest absolute Gasteiger partial charge is 0.424 e. The van der Waals surface area contributed by atoms with E-state index in [1.54, 1.807) is 24.3 Å². The van der Waals surface area contributed by atoms with Gasteiger partial charge in [-0.2, -0.15) is 13.2 Å². The molecule has 0 fully saturated rings. The Bertz CT molecular complexity index is 483. The predicted octanol–water partition coefficient (Wildman–Crippen LogP) is 2.86. The highest BCUT2D eigenvalue weighted by molar-refractivity contribution is 5.64. The van der Waals surface area contributed by atoms with Crippen molar-refractivity contribution in [3.8, 4) is 5.75 Å². The molecule has 0 aromatic heterocycles. The van der Waals surface area contributed by atoms with E-state index in [4.69, 9.17) is 4.74 Å². The molecule has 0 aliphatic carbocycles. The monoisotopic (exact) mass is 290 g/mol. The van der Waals surface area contributed by atoms with Crippen LogP contribution < -0.4 is 4.74 Å². The molecule has 0 aliphatic rings. The molecule has 6 heteroatoms. The van der Waals surface area contributed by atoms with Gasteiger partial charge in [-0.05, 0) is 17.0 Å². The number of halogens is 3. The summed E-state index contributed by atoms with van der Waals surface area (Å²) in [5, 5.41) is 9.58. The van der Waals surface area contributed by atoms with Crippen LogP contribution in [0.25, 0.3) is 0 Å². The van der Waals surface area contributed by atoms with Gasteiger partial charge in [-0.25, -0.2) is 0 Å². The second kappa shape index (κ2) is 5.44. The minimum absolute atomic E-state index is 0.410. The molecule has 1 aromatic rings. The van der Waals surface area contributed by atoms with E-state index in [1.165, 1.54) is 21.0 Å². The van der Waals surface area contributed by atoms with Gasteiger partial charge in [0.25, 0.3) is 0 Å². The average molecular weight is 290 g/mol. The van der Waals surface area contributed by atoms with Crippen LogP contribution in [0.4, 0.5) is 13.2 Å². The lowest BCUT2D eigenvalue weighted by atomic mass is 9.75. The molecule has 0 aliphatic heterocycles. The lowest BCUT2D eigenvalue weighted by Crippen LogP contribution is -2.50. The summed E-state index contributed by atoms with van der Waals surface area (Å²) in [6.45, 7) is 3.04. The number of carbonyl (C=O) groups excluding carboxylic acids is 1. The Labute approximate surface area is 115 Å². The van der Waals surface area contributed by atoms with Crippen LogP contribution >= 0.6 is 0 Å². The largest absolute Gasteiger partial charge is 0.496 e.